The largest absolute Gasteiger partial charge is 0.468 e. The topological polar surface area (TPSA) is 53.8 Å². The van der Waals surface area contributed by atoms with Gasteiger partial charge in [0.1, 0.15) is 5.76 Å². The Morgan fingerprint density at radius 3 is 2.62 bits per heavy atom. The number of amides is 1. The van der Waals surface area contributed by atoms with Crippen LogP contribution in [0.15, 0.2) is 47.1 Å². The molecule has 0 bridgehead atoms. The molecule has 0 radical (unpaired) electrons. The Hall–Kier alpha value is -1.92. The molecule has 128 valence electrons. The minimum absolute atomic E-state index is 0.0522. The van der Waals surface area contributed by atoms with E-state index in [-0.39, 0.29) is 5.91 Å². The molecular weight excluding hydrogens is 324 g/mol. The van der Waals surface area contributed by atoms with Gasteiger partial charge in [0.2, 0.25) is 0 Å². The highest BCUT2D eigenvalue weighted by Crippen LogP contribution is 2.14. The third-order valence-corrected chi connectivity index (χ3v) is 4.90. The van der Waals surface area contributed by atoms with Gasteiger partial charge in [-0.1, -0.05) is 12.1 Å². The number of carbonyl (C=O) groups is 1. The lowest BCUT2D eigenvalue weighted by Crippen LogP contribution is -2.48. The lowest BCUT2D eigenvalue weighted by Gasteiger charge is -2.34. The standard InChI is InChI=1S/C18H22N2O3S/c1-24(22)14-15-4-2-5-16(12-15)18(21)20-9-7-19(8-10-20)13-17-6-3-11-23-17/h2-6,11-12H,7-10,13-14H2,1H3/t24-/m1/s1. The Bertz CT molecular complexity index is 707. The second kappa shape index (κ2) is 7.77. The molecule has 1 aliphatic rings. The van der Waals surface area contributed by atoms with E-state index in [2.05, 4.69) is 4.90 Å². The van der Waals surface area contributed by atoms with Gasteiger partial charge < -0.3 is 9.32 Å². The first-order chi connectivity index (χ1) is 11.6. The van der Waals surface area contributed by atoms with Gasteiger partial charge in [-0.25, -0.2) is 0 Å². The average Bonchev–Trinajstić information content (AvgIpc) is 3.07. The first-order valence-electron chi connectivity index (χ1n) is 8.05. The summed E-state index contributed by atoms with van der Waals surface area (Å²) in [6.45, 7) is 3.88. The van der Waals surface area contributed by atoms with Crippen molar-refractivity contribution in [3.05, 3.63) is 59.5 Å². The molecule has 0 N–H and O–H groups in total. The molecule has 2 heterocycles. The van der Waals surface area contributed by atoms with Crippen molar-refractivity contribution in [3.63, 3.8) is 0 Å². The molecule has 5 nitrogen and oxygen atoms in total. The predicted molar refractivity (Wildman–Crippen MR) is 94.1 cm³/mol. The lowest BCUT2D eigenvalue weighted by molar-refractivity contribution is 0.0620. The Labute approximate surface area is 144 Å². The first-order valence-corrected chi connectivity index (χ1v) is 9.77. The van der Waals surface area contributed by atoms with Crippen molar-refractivity contribution in [3.8, 4) is 0 Å². The monoisotopic (exact) mass is 346 g/mol. The summed E-state index contributed by atoms with van der Waals surface area (Å²) >= 11 is 0. The van der Waals surface area contributed by atoms with Gasteiger partial charge in [0, 0.05) is 54.6 Å². The number of piperazine rings is 1. The molecule has 1 atom stereocenters. The van der Waals surface area contributed by atoms with Crippen LogP contribution in [-0.4, -0.2) is 52.4 Å². The van der Waals surface area contributed by atoms with E-state index in [1.54, 1.807) is 12.5 Å². The van der Waals surface area contributed by atoms with Crippen molar-refractivity contribution >= 4 is 16.7 Å². The van der Waals surface area contributed by atoms with Crippen LogP contribution in [0.3, 0.4) is 0 Å². The first kappa shape index (κ1) is 16.9. The summed E-state index contributed by atoms with van der Waals surface area (Å²) in [5, 5.41) is 0. The van der Waals surface area contributed by atoms with Crippen molar-refractivity contribution in [2.45, 2.75) is 12.3 Å². The zero-order chi connectivity index (χ0) is 16.9. The number of rotatable bonds is 5. The summed E-state index contributed by atoms with van der Waals surface area (Å²) in [5.74, 6) is 1.49. The van der Waals surface area contributed by atoms with Crippen molar-refractivity contribution < 1.29 is 13.4 Å². The van der Waals surface area contributed by atoms with Gasteiger partial charge in [0.25, 0.3) is 5.91 Å². The Kier molecular flexibility index (Phi) is 5.48. The molecule has 0 aliphatic carbocycles. The molecule has 0 saturated carbocycles. The predicted octanol–water partition coefficient (Wildman–Crippen LogP) is 2.12. The Morgan fingerprint density at radius 2 is 1.96 bits per heavy atom. The van der Waals surface area contributed by atoms with Crippen LogP contribution in [-0.2, 0) is 23.1 Å². The molecule has 24 heavy (non-hydrogen) atoms. The maximum atomic E-state index is 12.7. The smallest absolute Gasteiger partial charge is 0.253 e. The number of benzene rings is 1. The van der Waals surface area contributed by atoms with Crippen molar-refractivity contribution in [2.75, 3.05) is 32.4 Å². The van der Waals surface area contributed by atoms with E-state index in [9.17, 15) is 9.00 Å². The molecular formula is C18H22N2O3S. The summed E-state index contributed by atoms with van der Waals surface area (Å²) in [5.41, 5.74) is 1.62. The summed E-state index contributed by atoms with van der Waals surface area (Å²) in [6.07, 6.45) is 3.36. The van der Waals surface area contributed by atoms with Gasteiger partial charge in [-0.05, 0) is 29.8 Å². The minimum atomic E-state index is -0.904. The van der Waals surface area contributed by atoms with Crippen LogP contribution >= 0.6 is 0 Å². The van der Waals surface area contributed by atoms with Crippen LogP contribution in [0.2, 0.25) is 0 Å². The normalized spacial score (nSPS) is 17.0. The number of carbonyl (C=O) groups excluding carboxylic acids is 1. The van der Waals surface area contributed by atoms with Crippen molar-refractivity contribution in [2.24, 2.45) is 0 Å². The summed E-state index contributed by atoms with van der Waals surface area (Å²) in [6, 6.07) is 11.3. The number of hydrogen-bond donors (Lipinski definition) is 0. The van der Waals surface area contributed by atoms with Gasteiger partial charge in [-0.15, -0.1) is 0 Å². The average molecular weight is 346 g/mol. The molecule has 2 aromatic rings. The molecule has 1 aromatic heterocycles. The van der Waals surface area contributed by atoms with E-state index in [0.29, 0.717) is 24.4 Å². The molecule has 1 aliphatic heterocycles. The fraction of sp³-hybridized carbons (Fsp3) is 0.389. The molecule has 0 spiro atoms. The number of hydrogen-bond acceptors (Lipinski definition) is 4. The van der Waals surface area contributed by atoms with Gasteiger partial charge in [-0.3, -0.25) is 13.9 Å². The van der Waals surface area contributed by atoms with Crippen molar-refractivity contribution in [1.29, 1.82) is 0 Å². The maximum absolute atomic E-state index is 12.7. The molecule has 1 aromatic carbocycles. The fourth-order valence-electron chi connectivity index (χ4n) is 2.94. The lowest BCUT2D eigenvalue weighted by atomic mass is 10.1. The van der Waals surface area contributed by atoms with Crippen LogP contribution < -0.4 is 0 Å². The van der Waals surface area contributed by atoms with Gasteiger partial charge in [0.05, 0.1) is 12.8 Å². The quantitative estimate of drug-likeness (QED) is 0.832. The maximum Gasteiger partial charge on any atom is 0.253 e. The number of furan rings is 1. The fourth-order valence-corrected chi connectivity index (χ4v) is 3.59. The Balaban J connectivity index is 1.57. The van der Waals surface area contributed by atoms with E-state index < -0.39 is 10.8 Å². The zero-order valence-corrected chi connectivity index (χ0v) is 14.6. The highest BCUT2D eigenvalue weighted by molar-refractivity contribution is 7.83. The highest BCUT2D eigenvalue weighted by Gasteiger charge is 2.22. The van der Waals surface area contributed by atoms with E-state index in [0.717, 1.165) is 31.0 Å². The van der Waals surface area contributed by atoms with Crippen LogP contribution in [0.5, 0.6) is 0 Å². The van der Waals surface area contributed by atoms with Crippen LogP contribution in [0.1, 0.15) is 21.7 Å². The molecule has 1 fully saturated rings. The van der Waals surface area contributed by atoms with Gasteiger partial charge in [-0.2, -0.15) is 0 Å². The third-order valence-electron chi connectivity index (χ3n) is 4.16. The van der Waals surface area contributed by atoms with Crippen LogP contribution in [0.25, 0.3) is 0 Å². The molecule has 1 amide bonds. The minimum Gasteiger partial charge on any atom is -0.468 e. The summed E-state index contributed by atoms with van der Waals surface area (Å²) in [4.78, 5) is 16.9. The molecule has 6 heteroatoms. The molecule has 0 unspecified atom stereocenters. The van der Waals surface area contributed by atoms with E-state index in [4.69, 9.17) is 4.42 Å². The second-order valence-electron chi connectivity index (χ2n) is 6.07. The zero-order valence-electron chi connectivity index (χ0n) is 13.8. The second-order valence-corrected chi connectivity index (χ2v) is 7.50. The van der Waals surface area contributed by atoms with Crippen LogP contribution in [0.4, 0.5) is 0 Å². The highest BCUT2D eigenvalue weighted by atomic mass is 32.2. The Morgan fingerprint density at radius 1 is 1.17 bits per heavy atom. The van der Waals surface area contributed by atoms with Gasteiger partial charge in [0.15, 0.2) is 0 Å². The summed E-state index contributed by atoms with van der Waals surface area (Å²) in [7, 11) is -0.904. The van der Waals surface area contributed by atoms with E-state index in [1.807, 2.05) is 41.3 Å². The third kappa shape index (κ3) is 4.33. The number of nitrogens with zero attached hydrogens (tertiary/aromatic N) is 2. The van der Waals surface area contributed by atoms with E-state index in [1.165, 1.54) is 0 Å². The molecule has 1 saturated heterocycles. The summed E-state index contributed by atoms with van der Waals surface area (Å²) < 4.78 is 16.7. The van der Waals surface area contributed by atoms with Crippen molar-refractivity contribution in [1.82, 2.24) is 9.80 Å². The van der Waals surface area contributed by atoms with Crippen LogP contribution in [0, 0.1) is 0 Å². The van der Waals surface area contributed by atoms with Gasteiger partial charge >= 0.3 is 0 Å². The molecule has 3 rings (SSSR count). The SMILES string of the molecule is C[S@@](=O)Cc1cccc(C(=O)N2CCN(Cc3ccco3)CC2)c1. The van der Waals surface area contributed by atoms with E-state index >= 15 is 0 Å².